The fourth-order valence-electron chi connectivity index (χ4n) is 7.26. The number of carbonyl (C=O) groups is 3. The Kier molecular flexibility index (Phi) is 15.4. The maximum absolute atomic E-state index is 15.7. The van der Waals surface area contributed by atoms with Crippen molar-refractivity contribution in [3.8, 4) is 23.3 Å². The van der Waals surface area contributed by atoms with E-state index in [-0.39, 0.29) is 65.9 Å². The zero-order valence-electron chi connectivity index (χ0n) is 36.6. The van der Waals surface area contributed by atoms with Crippen molar-refractivity contribution in [2.45, 2.75) is 101 Å². The van der Waals surface area contributed by atoms with Gasteiger partial charge in [-0.1, -0.05) is 69.0 Å². The molecular weight excluding hydrogens is 887 g/mol. The molecule has 3 heterocycles. The zero-order valence-corrected chi connectivity index (χ0v) is 39.2. The van der Waals surface area contributed by atoms with Crippen LogP contribution in [0.25, 0.3) is 0 Å². The Labute approximate surface area is 381 Å². The minimum absolute atomic E-state index is 0.0150. The molecule has 1 fully saturated rings. The van der Waals surface area contributed by atoms with Crippen LogP contribution in [-0.4, -0.2) is 90.3 Å². The van der Waals surface area contributed by atoms with E-state index < -0.39 is 75.0 Å². The van der Waals surface area contributed by atoms with Crippen molar-refractivity contribution < 1.29 is 46.5 Å². The zero-order chi connectivity index (χ0) is 46.4. The first-order valence-corrected chi connectivity index (χ1v) is 26.1. The first kappa shape index (κ1) is 48.3. The highest BCUT2D eigenvalue weighted by Crippen LogP contribution is 2.40. The van der Waals surface area contributed by atoms with Gasteiger partial charge in [-0.2, -0.15) is 5.26 Å². The molecule has 0 radical (unpaired) electrons. The van der Waals surface area contributed by atoms with Crippen LogP contribution in [0.4, 0.5) is 13.2 Å². The number of piperidine rings is 1. The van der Waals surface area contributed by atoms with E-state index in [4.69, 9.17) is 30.5 Å². The monoisotopic (exact) mass is 937 g/mol. The molecule has 1 saturated heterocycles. The largest absolute Gasteiger partial charge is 0.490 e. The second-order valence-corrected chi connectivity index (χ2v) is 24.2. The van der Waals surface area contributed by atoms with Gasteiger partial charge in [0.05, 0.1) is 36.0 Å². The highest BCUT2D eigenvalue weighted by atomic mass is 35.5. The predicted octanol–water partition coefficient (Wildman–Crippen LogP) is 9.43. The van der Waals surface area contributed by atoms with Gasteiger partial charge >= 0.3 is 0 Å². The third kappa shape index (κ3) is 11.6. The number of benzene rings is 3. The maximum Gasteiger partial charge on any atom is 0.255 e. The summed E-state index contributed by atoms with van der Waals surface area (Å²) < 4.78 is 68.6. The van der Waals surface area contributed by atoms with Crippen LogP contribution in [0.15, 0.2) is 66.0 Å². The van der Waals surface area contributed by atoms with Crippen LogP contribution < -0.4 is 14.2 Å². The SMILES string of the molecule is CSc1nccc(COc2ccc(C(C)(C)c3cc(Cl)c(OCCC(F)(F)CCOc4ccc5c(c4F)CN(C4CCC(=O)N(COCC[Si](C)(C)C)C4=O)C5=O)c(C#N)c3)cc2)n1. The minimum Gasteiger partial charge on any atom is -0.490 e. The molecule has 1 aromatic heterocycles. The molecule has 12 nitrogen and oxygen atoms in total. The lowest BCUT2D eigenvalue weighted by atomic mass is 9.77. The van der Waals surface area contributed by atoms with Crippen molar-refractivity contribution in [2.24, 2.45) is 0 Å². The number of fused-ring (bicyclic) bond motifs is 1. The molecule has 18 heteroatoms. The smallest absolute Gasteiger partial charge is 0.255 e. The number of rotatable bonds is 20. The number of carbonyl (C=O) groups excluding carboxylic acids is 3. The van der Waals surface area contributed by atoms with Crippen LogP contribution in [0.2, 0.25) is 30.7 Å². The number of nitriles is 1. The molecule has 0 spiro atoms. The van der Waals surface area contributed by atoms with Gasteiger partial charge < -0.3 is 23.8 Å². The van der Waals surface area contributed by atoms with E-state index in [9.17, 15) is 19.6 Å². The molecule has 2 aliphatic heterocycles. The molecule has 3 amide bonds. The molecule has 1 unspecified atom stereocenters. The van der Waals surface area contributed by atoms with E-state index in [2.05, 4.69) is 35.7 Å². The van der Waals surface area contributed by atoms with Crippen LogP contribution >= 0.6 is 23.4 Å². The number of thioether (sulfide) groups is 1. The van der Waals surface area contributed by atoms with Gasteiger partial charge in [0.1, 0.15) is 31.2 Å². The number of aromatic nitrogens is 2. The summed E-state index contributed by atoms with van der Waals surface area (Å²) in [5.74, 6) is -5.44. The summed E-state index contributed by atoms with van der Waals surface area (Å²) in [7, 11) is -1.40. The van der Waals surface area contributed by atoms with Gasteiger partial charge in [-0.3, -0.25) is 19.3 Å². The van der Waals surface area contributed by atoms with Crippen molar-refractivity contribution >= 4 is 49.2 Å². The van der Waals surface area contributed by atoms with Gasteiger partial charge in [-0.25, -0.2) is 23.1 Å². The van der Waals surface area contributed by atoms with Crippen molar-refractivity contribution in [1.29, 1.82) is 5.26 Å². The van der Waals surface area contributed by atoms with Gasteiger partial charge in [0.25, 0.3) is 17.7 Å². The number of likely N-dealkylation sites (tertiary alicyclic amines) is 1. The third-order valence-corrected chi connectivity index (χ3v) is 13.8. The highest BCUT2D eigenvalue weighted by Gasteiger charge is 2.44. The minimum atomic E-state index is -3.30. The molecule has 6 rings (SSSR count). The molecule has 2 aliphatic rings. The number of hydrogen-bond acceptors (Lipinski definition) is 11. The summed E-state index contributed by atoms with van der Waals surface area (Å²) >= 11 is 8.06. The van der Waals surface area contributed by atoms with E-state index in [0.29, 0.717) is 23.1 Å². The third-order valence-electron chi connectivity index (χ3n) is 11.3. The molecule has 0 saturated carbocycles. The summed E-state index contributed by atoms with van der Waals surface area (Å²) in [5.41, 5.74) is 1.84. The lowest BCUT2D eigenvalue weighted by Gasteiger charge is -2.35. The predicted molar refractivity (Wildman–Crippen MR) is 238 cm³/mol. The lowest BCUT2D eigenvalue weighted by Crippen LogP contribution is -2.55. The fraction of sp³-hybridized carbons (Fsp3) is 0.435. The Bertz CT molecular complexity index is 2410. The quantitative estimate of drug-likeness (QED) is 0.0275. The molecule has 1 atom stereocenters. The summed E-state index contributed by atoms with van der Waals surface area (Å²) in [6.45, 7) is 9.64. The second-order valence-electron chi connectivity index (χ2n) is 17.4. The number of amides is 3. The Balaban J connectivity index is 1.00. The van der Waals surface area contributed by atoms with E-state index in [0.717, 1.165) is 22.2 Å². The molecule has 340 valence electrons. The molecule has 0 bridgehead atoms. The van der Waals surface area contributed by atoms with Gasteiger partial charge in [0.2, 0.25) is 5.91 Å². The first-order chi connectivity index (χ1) is 30.3. The number of alkyl halides is 2. The number of nitrogens with zero attached hydrogens (tertiary/aromatic N) is 5. The molecule has 0 N–H and O–H groups in total. The summed E-state index contributed by atoms with van der Waals surface area (Å²) in [6.07, 6.45) is 2.15. The molecule has 3 aromatic carbocycles. The molecule has 64 heavy (non-hydrogen) atoms. The van der Waals surface area contributed by atoms with Gasteiger partial charge in [-0.15, -0.1) is 0 Å². The average molecular weight is 939 g/mol. The number of imide groups is 1. The van der Waals surface area contributed by atoms with Crippen LogP contribution in [0.5, 0.6) is 17.2 Å². The summed E-state index contributed by atoms with van der Waals surface area (Å²) in [4.78, 5) is 50.2. The Morgan fingerprint density at radius 1 is 0.969 bits per heavy atom. The number of ether oxygens (including phenoxy) is 4. The van der Waals surface area contributed by atoms with Crippen LogP contribution in [0.1, 0.15) is 77.8 Å². The maximum atomic E-state index is 15.7. The Morgan fingerprint density at radius 2 is 1.69 bits per heavy atom. The molecule has 4 aromatic rings. The second kappa shape index (κ2) is 20.3. The fourth-order valence-corrected chi connectivity index (χ4v) is 8.67. The van der Waals surface area contributed by atoms with E-state index >= 15 is 13.2 Å². The molecular formula is C46H51ClF3N5O7SSi. The Morgan fingerprint density at radius 3 is 2.38 bits per heavy atom. The van der Waals surface area contributed by atoms with Gasteiger partial charge in [0.15, 0.2) is 22.5 Å². The standard InChI is InChI=1S/C46H51ClF3N5O7SSi/c1-45(2,30-7-9-33(10-8-30)62-27-32-15-18-52-44(53-32)63-3)31-23-29(25-51)41(36(47)24-31)61-20-17-46(49,50)16-19-60-38-13-11-34-35(40(38)48)26-54(42(34)57)37-12-14-39(56)55(43(37)58)28-59-21-22-64(4,5)6/h7-11,13,15,18,23-24,37H,12,14,16-17,19-22,26-28H2,1-6H3. The number of halogens is 4. The van der Waals surface area contributed by atoms with Crippen LogP contribution in [0.3, 0.4) is 0 Å². The van der Waals surface area contributed by atoms with Gasteiger partial charge in [0, 0.05) is 56.7 Å². The topological polar surface area (TPSA) is 144 Å². The van der Waals surface area contributed by atoms with Crippen molar-refractivity contribution in [3.63, 3.8) is 0 Å². The van der Waals surface area contributed by atoms with Crippen LogP contribution in [-0.2, 0) is 32.9 Å². The first-order valence-electron chi connectivity index (χ1n) is 20.8. The van der Waals surface area contributed by atoms with E-state index in [1.807, 2.05) is 44.4 Å². The van der Waals surface area contributed by atoms with Crippen molar-refractivity contribution in [2.75, 3.05) is 32.8 Å². The number of hydrogen-bond donors (Lipinski definition) is 0. The van der Waals surface area contributed by atoms with Crippen molar-refractivity contribution in [1.82, 2.24) is 19.8 Å². The summed E-state index contributed by atoms with van der Waals surface area (Å²) in [5, 5.41) is 10.8. The van der Waals surface area contributed by atoms with Gasteiger partial charge in [-0.05, 0) is 72.3 Å². The van der Waals surface area contributed by atoms with Crippen molar-refractivity contribution in [3.05, 3.63) is 105 Å². The van der Waals surface area contributed by atoms with E-state index in [1.165, 1.54) is 28.8 Å². The average Bonchev–Trinajstić information content (AvgIpc) is 3.59. The normalized spacial score (nSPS) is 15.6. The highest BCUT2D eigenvalue weighted by molar-refractivity contribution is 7.98. The van der Waals surface area contributed by atoms with E-state index in [1.54, 1.807) is 24.4 Å². The van der Waals surface area contributed by atoms with Crippen LogP contribution in [0, 0.1) is 17.1 Å². The summed E-state index contributed by atoms with van der Waals surface area (Å²) in [6, 6.07) is 17.1. The Hall–Kier alpha value is -5.15. The lowest BCUT2D eigenvalue weighted by molar-refractivity contribution is -0.158. The molecule has 0 aliphatic carbocycles.